The van der Waals surface area contributed by atoms with Crippen LogP contribution in [-0.2, 0) is 19.1 Å². The van der Waals surface area contributed by atoms with Crippen LogP contribution in [0.15, 0.2) is 18.3 Å². The van der Waals surface area contributed by atoms with E-state index in [1.807, 2.05) is 4.90 Å². The summed E-state index contributed by atoms with van der Waals surface area (Å²) >= 11 is 0. The molecule has 1 aromatic rings. The lowest BCUT2D eigenvalue weighted by atomic mass is 10.2. The summed E-state index contributed by atoms with van der Waals surface area (Å²) in [5, 5.41) is 2.95. The Morgan fingerprint density at radius 1 is 1.23 bits per heavy atom. The molecule has 3 rings (SSSR count). The Morgan fingerprint density at radius 3 is 2.73 bits per heavy atom. The fraction of sp³-hybridized carbons (Fsp3) is 0.619. The lowest BCUT2D eigenvalue weighted by Crippen LogP contribution is -2.49. The molecule has 2 amide bonds. The van der Waals surface area contributed by atoms with Crippen LogP contribution in [0.5, 0.6) is 0 Å². The van der Waals surface area contributed by atoms with Crippen molar-refractivity contribution in [3.63, 3.8) is 0 Å². The predicted molar refractivity (Wildman–Crippen MR) is 110 cm³/mol. The number of carbonyl (C=O) groups is 3. The van der Waals surface area contributed by atoms with Crippen molar-refractivity contribution in [3.05, 3.63) is 23.9 Å². The zero-order valence-electron chi connectivity index (χ0n) is 17.5. The van der Waals surface area contributed by atoms with Gasteiger partial charge in [-0.15, -0.1) is 0 Å². The highest BCUT2D eigenvalue weighted by Crippen LogP contribution is 2.20. The first kappa shape index (κ1) is 22.0. The van der Waals surface area contributed by atoms with Gasteiger partial charge in [0.1, 0.15) is 5.82 Å². The van der Waals surface area contributed by atoms with E-state index in [1.54, 1.807) is 30.2 Å². The molecule has 1 N–H and O–H groups in total. The highest BCUT2D eigenvalue weighted by Gasteiger charge is 2.25. The lowest BCUT2D eigenvalue weighted by molar-refractivity contribution is -0.145. The van der Waals surface area contributed by atoms with Crippen molar-refractivity contribution in [2.24, 2.45) is 0 Å². The smallest absolute Gasteiger partial charge is 0.306 e. The summed E-state index contributed by atoms with van der Waals surface area (Å²) in [4.78, 5) is 44.7. The van der Waals surface area contributed by atoms with Crippen molar-refractivity contribution in [3.8, 4) is 0 Å². The van der Waals surface area contributed by atoms with Crippen LogP contribution in [0.2, 0.25) is 0 Å². The van der Waals surface area contributed by atoms with Gasteiger partial charge in [-0.05, 0) is 31.9 Å². The number of nitrogens with zero attached hydrogens (tertiary/aromatic N) is 3. The van der Waals surface area contributed by atoms with E-state index < -0.39 is 0 Å². The summed E-state index contributed by atoms with van der Waals surface area (Å²) in [7, 11) is 0. The maximum absolute atomic E-state index is 12.7. The molecule has 0 unspecified atom stereocenters. The van der Waals surface area contributed by atoms with Gasteiger partial charge in [0.25, 0.3) is 5.91 Å². The van der Waals surface area contributed by atoms with Gasteiger partial charge in [0.2, 0.25) is 5.91 Å². The quantitative estimate of drug-likeness (QED) is 0.628. The van der Waals surface area contributed by atoms with Crippen LogP contribution >= 0.6 is 0 Å². The second-order valence-electron chi connectivity index (χ2n) is 7.39. The van der Waals surface area contributed by atoms with Crippen LogP contribution in [0.25, 0.3) is 0 Å². The molecule has 1 atom stereocenters. The fourth-order valence-electron chi connectivity index (χ4n) is 3.70. The number of esters is 1. The van der Waals surface area contributed by atoms with Crippen LogP contribution in [0.4, 0.5) is 5.82 Å². The fourth-order valence-corrected chi connectivity index (χ4v) is 3.70. The Hall–Kier alpha value is -2.68. The number of carbonyl (C=O) groups excluding carboxylic acids is 3. The molecule has 0 aliphatic carbocycles. The minimum atomic E-state index is -0.350. The standard InChI is InChI=1S/C21H30N4O5/c1-2-29-19(27)8-7-18(26)24-10-12-25(13-11-24)20-17(6-3-9-22-20)21(28)23-15-16-5-4-14-30-16/h3,6,9,16H,2,4-5,7-8,10-15H2,1H3,(H,23,28)/t16-/m0/s1. The van der Waals surface area contributed by atoms with Crippen molar-refractivity contribution in [2.45, 2.75) is 38.7 Å². The summed E-state index contributed by atoms with van der Waals surface area (Å²) in [5.41, 5.74) is 0.526. The summed E-state index contributed by atoms with van der Waals surface area (Å²) < 4.78 is 10.4. The number of ether oxygens (including phenoxy) is 2. The lowest BCUT2D eigenvalue weighted by Gasteiger charge is -2.36. The molecule has 2 fully saturated rings. The van der Waals surface area contributed by atoms with Crippen molar-refractivity contribution < 1.29 is 23.9 Å². The molecule has 0 aromatic carbocycles. The molecule has 0 radical (unpaired) electrons. The number of rotatable bonds is 8. The number of anilines is 1. The number of nitrogens with one attached hydrogen (secondary N) is 1. The number of hydrogen-bond donors (Lipinski definition) is 1. The second kappa shape index (κ2) is 10.9. The summed E-state index contributed by atoms with van der Waals surface area (Å²) in [6.45, 7) is 5.51. The molecular weight excluding hydrogens is 388 g/mol. The monoisotopic (exact) mass is 418 g/mol. The third-order valence-electron chi connectivity index (χ3n) is 5.33. The molecule has 2 saturated heterocycles. The van der Waals surface area contributed by atoms with E-state index in [0.717, 1.165) is 19.4 Å². The summed E-state index contributed by atoms with van der Waals surface area (Å²) in [6.07, 6.45) is 4.00. The van der Waals surface area contributed by atoms with Gasteiger partial charge in [0.15, 0.2) is 0 Å². The van der Waals surface area contributed by atoms with E-state index in [1.165, 1.54) is 0 Å². The average molecular weight is 418 g/mol. The SMILES string of the molecule is CCOC(=O)CCC(=O)N1CCN(c2ncccc2C(=O)NC[C@@H]2CCCO2)CC1. The molecule has 3 heterocycles. The van der Waals surface area contributed by atoms with Gasteiger partial charge in [0.05, 0.1) is 24.7 Å². The number of hydrogen-bond acceptors (Lipinski definition) is 7. The topological polar surface area (TPSA) is 101 Å². The van der Waals surface area contributed by atoms with Gasteiger partial charge in [-0.2, -0.15) is 0 Å². The number of aromatic nitrogens is 1. The van der Waals surface area contributed by atoms with E-state index in [-0.39, 0.29) is 36.7 Å². The van der Waals surface area contributed by atoms with Gasteiger partial charge in [-0.25, -0.2) is 4.98 Å². The van der Waals surface area contributed by atoms with Gasteiger partial charge in [-0.3, -0.25) is 14.4 Å². The molecule has 2 aliphatic heterocycles. The van der Waals surface area contributed by atoms with E-state index in [0.29, 0.717) is 50.7 Å². The van der Waals surface area contributed by atoms with Crippen molar-refractivity contribution in [1.29, 1.82) is 0 Å². The van der Waals surface area contributed by atoms with Crippen molar-refractivity contribution >= 4 is 23.6 Å². The van der Waals surface area contributed by atoms with Gasteiger partial charge in [0, 0.05) is 51.9 Å². The van der Waals surface area contributed by atoms with Gasteiger partial charge >= 0.3 is 5.97 Å². The maximum atomic E-state index is 12.7. The Bertz CT molecular complexity index is 743. The van der Waals surface area contributed by atoms with Gasteiger partial charge < -0.3 is 24.6 Å². The Morgan fingerprint density at radius 2 is 2.03 bits per heavy atom. The van der Waals surface area contributed by atoms with Crippen LogP contribution in [0, 0.1) is 0 Å². The van der Waals surface area contributed by atoms with Crippen LogP contribution in [0.3, 0.4) is 0 Å². The van der Waals surface area contributed by atoms with E-state index >= 15 is 0 Å². The molecule has 0 bridgehead atoms. The number of amides is 2. The first-order valence-corrected chi connectivity index (χ1v) is 10.6. The summed E-state index contributed by atoms with van der Waals surface area (Å²) in [6, 6.07) is 3.52. The zero-order valence-corrected chi connectivity index (χ0v) is 17.5. The maximum Gasteiger partial charge on any atom is 0.306 e. The highest BCUT2D eigenvalue weighted by molar-refractivity contribution is 5.99. The first-order chi connectivity index (χ1) is 14.6. The Kier molecular flexibility index (Phi) is 8.01. The van der Waals surface area contributed by atoms with E-state index in [2.05, 4.69) is 10.3 Å². The summed E-state index contributed by atoms with van der Waals surface area (Å²) in [5.74, 6) is 0.0531. The number of piperazine rings is 1. The largest absolute Gasteiger partial charge is 0.466 e. The van der Waals surface area contributed by atoms with E-state index in [9.17, 15) is 14.4 Å². The van der Waals surface area contributed by atoms with Crippen LogP contribution in [-0.4, -0.2) is 79.7 Å². The molecule has 30 heavy (non-hydrogen) atoms. The normalized spacial score (nSPS) is 18.9. The van der Waals surface area contributed by atoms with Crippen molar-refractivity contribution in [1.82, 2.24) is 15.2 Å². The van der Waals surface area contributed by atoms with Crippen LogP contribution in [0.1, 0.15) is 43.0 Å². The Balaban J connectivity index is 1.52. The zero-order chi connectivity index (χ0) is 21.3. The first-order valence-electron chi connectivity index (χ1n) is 10.6. The molecule has 0 saturated carbocycles. The van der Waals surface area contributed by atoms with E-state index in [4.69, 9.17) is 9.47 Å². The third-order valence-corrected chi connectivity index (χ3v) is 5.33. The molecule has 1 aromatic heterocycles. The molecule has 0 spiro atoms. The Labute approximate surface area is 176 Å². The molecule has 9 heteroatoms. The highest BCUT2D eigenvalue weighted by atomic mass is 16.5. The molecule has 164 valence electrons. The minimum Gasteiger partial charge on any atom is -0.466 e. The molecular formula is C21H30N4O5. The predicted octanol–water partition coefficient (Wildman–Crippen LogP) is 0.982. The minimum absolute atomic E-state index is 0.0572. The number of pyridine rings is 1. The average Bonchev–Trinajstić information content (AvgIpc) is 3.30. The second-order valence-corrected chi connectivity index (χ2v) is 7.39. The third kappa shape index (κ3) is 5.91. The van der Waals surface area contributed by atoms with Gasteiger partial charge in [-0.1, -0.05) is 0 Å². The molecule has 2 aliphatic rings. The van der Waals surface area contributed by atoms with Crippen molar-refractivity contribution in [2.75, 3.05) is 50.8 Å². The van der Waals surface area contributed by atoms with Crippen LogP contribution < -0.4 is 10.2 Å². The molecule has 9 nitrogen and oxygen atoms in total.